The van der Waals surface area contributed by atoms with Gasteiger partial charge < -0.3 is 24.3 Å². The van der Waals surface area contributed by atoms with Gasteiger partial charge in [-0.15, -0.1) is 0 Å². The van der Waals surface area contributed by atoms with Gasteiger partial charge in [0.1, 0.15) is 0 Å². The number of nitrogens with one attached hydrogen (secondary N) is 1. The molecule has 0 spiro atoms. The van der Waals surface area contributed by atoms with Crippen LogP contribution in [-0.4, -0.2) is 72.8 Å². The van der Waals surface area contributed by atoms with Gasteiger partial charge >= 0.3 is 0 Å². The Balaban J connectivity index is 1.02. The van der Waals surface area contributed by atoms with Gasteiger partial charge in [0.2, 0.25) is 12.7 Å². The van der Waals surface area contributed by atoms with E-state index < -0.39 is 0 Å². The van der Waals surface area contributed by atoms with E-state index in [0.29, 0.717) is 6.04 Å². The molecule has 2 fully saturated rings. The normalized spacial score (nSPS) is 20.5. The van der Waals surface area contributed by atoms with Crippen LogP contribution in [0.25, 0.3) is 17.0 Å². The Bertz CT molecular complexity index is 1240. The maximum atomic E-state index is 13.1. The van der Waals surface area contributed by atoms with E-state index in [1.165, 1.54) is 23.0 Å². The summed E-state index contributed by atoms with van der Waals surface area (Å²) in [7, 11) is 0. The van der Waals surface area contributed by atoms with E-state index in [2.05, 4.69) is 43.9 Å². The molecule has 6 rings (SSSR count). The first-order valence-electron chi connectivity index (χ1n) is 13.2. The average molecular weight is 487 g/mol. The number of piperidine rings is 1. The minimum absolute atomic E-state index is 0.113. The minimum atomic E-state index is 0.113. The molecule has 4 heterocycles. The predicted molar refractivity (Wildman–Crippen MR) is 143 cm³/mol. The maximum Gasteiger partial charge on any atom is 0.246 e. The molecular weight excluding hydrogens is 452 g/mol. The van der Waals surface area contributed by atoms with Crippen molar-refractivity contribution in [2.24, 2.45) is 0 Å². The van der Waals surface area contributed by atoms with Crippen LogP contribution in [0.4, 0.5) is 5.69 Å². The number of nitrogens with zero attached hydrogens (tertiary/aromatic N) is 3. The molecule has 3 aliphatic rings. The van der Waals surface area contributed by atoms with E-state index in [-0.39, 0.29) is 12.7 Å². The van der Waals surface area contributed by atoms with Crippen molar-refractivity contribution in [3.05, 3.63) is 60.3 Å². The number of benzene rings is 2. The van der Waals surface area contributed by atoms with E-state index in [1.807, 2.05) is 30.5 Å². The molecule has 7 heteroatoms. The molecule has 3 aromatic rings. The van der Waals surface area contributed by atoms with Crippen molar-refractivity contribution in [3.63, 3.8) is 0 Å². The van der Waals surface area contributed by atoms with Crippen LogP contribution in [-0.2, 0) is 4.79 Å². The number of hydrogen-bond donors (Lipinski definition) is 1. The number of H-pyrrole nitrogens is 1. The number of rotatable bonds is 6. The fourth-order valence-corrected chi connectivity index (χ4v) is 5.76. The van der Waals surface area contributed by atoms with Gasteiger partial charge in [0.25, 0.3) is 0 Å². The van der Waals surface area contributed by atoms with Gasteiger partial charge in [-0.1, -0.05) is 12.1 Å². The summed E-state index contributed by atoms with van der Waals surface area (Å²) in [6.45, 7) is 6.35. The first kappa shape index (κ1) is 23.0. The number of carbonyl (C=O) groups is 1. The van der Waals surface area contributed by atoms with E-state index in [0.717, 1.165) is 75.6 Å². The van der Waals surface area contributed by atoms with Crippen molar-refractivity contribution in [3.8, 4) is 11.5 Å². The number of hydrogen-bond acceptors (Lipinski definition) is 5. The molecule has 2 saturated heterocycles. The predicted octanol–water partition coefficient (Wildman–Crippen LogP) is 4.50. The molecule has 0 unspecified atom stereocenters. The van der Waals surface area contributed by atoms with Crippen LogP contribution in [0.5, 0.6) is 11.5 Å². The van der Waals surface area contributed by atoms with E-state index >= 15 is 0 Å². The van der Waals surface area contributed by atoms with Crippen molar-refractivity contribution in [2.75, 3.05) is 51.0 Å². The lowest BCUT2D eigenvalue weighted by Gasteiger charge is -2.39. The van der Waals surface area contributed by atoms with Crippen molar-refractivity contribution >= 4 is 28.6 Å². The van der Waals surface area contributed by atoms with Crippen molar-refractivity contribution in [1.29, 1.82) is 0 Å². The van der Waals surface area contributed by atoms with Gasteiger partial charge in [0.05, 0.1) is 0 Å². The Labute approximate surface area is 212 Å². The van der Waals surface area contributed by atoms with Crippen molar-refractivity contribution in [2.45, 2.75) is 31.7 Å². The van der Waals surface area contributed by atoms with Crippen LogP contribution in [0.1, 0.15) is 31.2 Å². The second-order valence-electron chi connectivity index (χ2n) is 9.96. The summed E-state index contributed by atoms with van der Waals surface area (Å²) in [5, 5.41) is 1.30. The molecule has 0 bridgehead atoms. The monoisotopic (exact) mass is 486 g/mol. The molecule has 0 radical (unpaired) electrons. The highest BCUT2D eigenvalue weighted by Crippen LogP contribution is 2.33. The highest BCUT2D eigenvalue weighted by atomic mass is 16.7. The summed E-state index contributed by atoms with van der Waals surface area (Å²) >= 11 is 0. The third-order valence-corrected chi connectivity index (χ3v) is 7.79. The molecule has 0 saturated carbocycles. The molecule has 1 amide bonds. The lowest BCUT2D eigenvalue weighted by atomic mass is 9.98. The highest BCUT2D eigenvalue weighted by Gasteiger charge is 2.27. The van der Waals surface area contributed by atoms with Gasteiger partial charge in [0.15, 0.2) is 11.5 Å². The molecule has 3 aliphatic heterocycles. The van der Waals surface area contributed by atoms with Crippen LogP contribution in [0.15, 0.2) is 54.7 Å². The van der Waals surface area contributed by atoms with Gasteiger partial charge in [0, 0.05) is 74.2 Å². The minimum Gasteiger partial charge on any atom is -0.454 e. The van der Waals surface area contributed by atoms with Gasteiger partial charge in [-0.05, 0) is 67.7 Å². The average Bonchev–Trinajstić information content (AvgIpc) is 3.60. The molecule has 1 atom stereocenters. The summed E-state index contributed by atoms with van der Waals surface area (Å²) in [6.07, 6.45) is 10.1. The fraction of sp³-hybridized carbons (Fsp3) is 0.414. The second kappa shape index (κ2) is 10.3. The topological polar surface area (TPSA) is 61.0 Å². The third-order valence-electron chi connectivity index (χ3n) is 7.79. The maximum absolute atomic E-state index is 13.1. The fourth-order valence-electron chi connectivity index (χ4n) is 5.76. The number of carbonyl (C=O) groups excluding carboxylic acids is 1. The van der Waals surface area contributed by atoms with E-state index in [9.17, 15) is 4.79 Å². The first-order valence-corrected chi connectivity index (χ1v) is 13.2. The lowest BCUT2D eigenvalue weighted by molar-refractivity contribution is -0.129. The SMILES string of the molecule is O=C(/C=C/c1ccc2c(c1)OCO2)N1CCCC[C@H]1CCN1CCN(c2cccc3[nH]ccc23)CC1. The largest absolute Gasteiger partial charge is 0.454 e. The van der Waals surface area contributed by atoms with Crippen LogP contribution in [0, 0.1) is 0 Å². The molecule has 0 aliphatic carbocycles. The summed E-state index contributed by atoms with van der Waals surface area (Å²) in [6, 6.07) is 14.8. The molecule has 1 aromatic heterocycles. The van der Waals surface area contributed by atoms with Crippen molar-refractivity contribution < 1.29 is 14.3 Å². The summed E-state index contributed by atoms with van der Waals surface area (Å²) in [5.74, 6) is 1.61. The number of aromatic nitrogens is 1. The zero-order valence-electron chi connectivity index (χ0n) is 20.7. The molecule has 1 N–H and O–H groups in total. The Kier molecular flexibility index (Phi) is 6.55. The zero-order chi connectivity index (χ0) is 24.3. The molecular formula is C29H34N4O3. The first-order chi connectivity index (χ1) is 17.7. The summed E-state index contributed by atoms with van der Waals surface area (Å²) < 4.78 is 10.8. The number of ether oxygens (including phenoxy) is 2. The lowest BCUT2D eigenvalue weighted by Crippen LogP contribution is -2.49. The number of amides is 1. The van der Waals surface area contributed by atoms with E-state index in [4.69, 9.17) is 9.47 Å². The molecule has 188 valence electrons. The number of piperazine rings is 1. The number of aromatic amines is 1. The smallest absolute Gasteiger partial charge is 0.246 e. The molecule has 7 nitrogen and oxygen atoms in total. The number of fused-ring (bicyclic) bond motifs is 2. The van der Waals surface area contributed by atoms with Crippen LogP contribution >= 0.6 is 0 Å². The third kappa shape index (κ3) is 4.80. The summed E-state index contributed by atoms with van der Waals surface area (Å²) in [4.78, 5) is 23.6. The standard InChI is InChI=1S/C29H34N4O3/c34-29(10-8-22-7-9-27-28(20-22)36-21-35-27)33-14-2-1-4-23(33)12-15-31-16-18-32(19-17-31)26-6-3-5-25-24(26)11-13-30-25/h3,5-11,13,20,23,30H,1-2,4,12,14-19,21H2/b10-8+/t23-/m0/s1. The number of anilines is 1. The molecule has 36 heavy (non-hydrogen) atoms. The van der Waals surface area contributed by atoms with Gasteiger partial charge in [-0.25, -0.2) is 0 Å². The highest BCUT2D eigenvalue weighted by molar-refractivity contribution is 5.93. The summed E-state index contributed by atoms with van der Waals surface area (Å²) in [5.41, 5.74) is 3.48. The Morgan fingerprint density at radius 1 is 1.00 bits per heavy atom. The molecule has 2 aromatic carbocycles. The Morgan fingerprint density at radius 3 is 2.81 bits per heavy atom. The van der Waals surface area contributed by atoms with Crippen LogP contribution in [0.2, 0.25) is 0 Å². The second-order valence-corrected chi connectivity index (χ2v) is 9.96. The Morgan fingerprint density at radius 2 is 1.89 bits per heavy atom. The number of likely N-dealkylation sites (tertiary alicyclic amines) is 1. The van der Waals surface area contributed by atoms with Gasteiger partial charge in [-0.2, -0.15) is 0 Å². The van der Waals surface area contributed by atoms with Gasteiger partial charge in [-0.3, -0.25) is 9.69 Å². The van der Waals surface area contributed by atoms with Crippen LogP contribution < -0.4 is 14.4 Å². The van der Waals surface area contributed by atoms with Crippen LogP contribution in [0.3, 0.4) is 0 Å². The zero-order valence-corrected chi connectivity index (χ0v) is 20.7. The Hall–Kier alpha value is -3.45. The van der Waals surface area contributed by atoms with Crippen molar-refractivity contribution in [1.82, 2.24) is 14.8 Å². The van der Waals surface area contributed by atoms with E-state index in [1.54, 1.807) is 6.08 Å². The quantitative estimate of drug-likeness (QED) is 0.520.